The molecule has 4 aromatic rings. The largest absolute Gasteiger partial charge is 0.492 e. The third kappa shape index (κ3) is 4.43. The zero-order valence-corrected chi connectivity index (χ0v) is 18.0. The van der Waals surface area contributed by atoms with Crippen LogP contribution in [0.4, 0.5) is 0 Å². The lowest BCUT2D eigenvalue weighted by molar-refractivity contribution is 0.0775. The molecule has 158 valence electrons. The Balaban J connectivity index is 1.64. The quantitative estimate of drug-likeness (QED) is 0.435. The SMILES string of the molecule is CC(C)n1ncc2c(C(=O)N(C)CCOc3ccccc3)cc(-c3ccccc3)nc21. The fourth-order valence-corrected chi connectivity index (χ4v) is 3.45. The summed E-state index contributed by atoms with van der Waals surface area (Å²) in [7, 11) is 1.79. The van der Waals surface area contributed by atoms with Crippen molar-refractivity contribution in [2.75, 3.05) is 20.2 Å². The van der Waals surface area contributed by atoms with E-state index in [4.69, 9.17) is 9.72 Å². The van der Waals surface area contributed by atoms with E-state index in [1.807, 2.05) is 71.4 Å². The standard InChI is InChI=1S/C25H26N4O2/c1-18(2)29-24-22(17-26-29)21(16-23(27-24)19-10-6-4-7-11-19)25(30)28(3)14-15-31-20-12-8-5-9-13-20/h4-13,16-18H,14-15H2,1-3H3. The number of likely N-dealkylation sites (N-methyl/N-ethyl adjacent to an activating group) is 1. The van der Waals surface area contributed by atoms with Gasteiger partial charge in [-0.25, -0.2) is 9.67 Å². The van der Waals surface area contributed by atoms with E-state index in [1.54, 1.807) is 18.1 Å². The number of hydrogen-bond acceptors (Lipinski definition) is 4. The van der Waals surface area contributed by atoms with E-state index in [-0.39, 0.29) is 11.9 Å². The van der Waals surface area contributed by atoms with Crippen LogP contribution in [0.15, 0.2) is 72.9 Å². The monoisotopic (exact) mass is 414 g/mol. The minimum atomic E-state index is -0.0791. The van der Waals surface area contributed by atoms with Crippen molar-refractivity contribution in [3.8, 4) is 17.0 Å². The predicted molar refractivity (Wildman–Crippen MR) is 122 cm³/mol. The molecule has 0 N–H and O–H groups in total. The normalized spacial score (nSPS) is 11.1. The second-order valence-corrected chi connectivity index (χ2v) is 7.73. The summed E-state index contributed by atoms with van der Waals surface area (Å²) in [6, 6.07) is 21.5. The van der Waals surface area contributed by atoms with Gasteiger partial charge in [0.2, 0.25) is 0 Å². The molecule has 0 spiro atoms. The van der Waals surface area contributed by atoms with Gasteiger partial charge in [-0.2, -0.15) is 5.10 Å². The molecule has 0 saturated carbocycles. The summed E-state index contributed by atoms with van der Waals surface area (Å²) in [6.45, 7) is 4.99. The van der Waals surface area contributed by atoms with Gasteiger partial charge in [-0.05, 0) is 32.0 Å². The highest BCUT2D eigenvalue weighted by molar-refractivity contribution is 6.06. The first-order chi connectivity index (χ1) is 15.0. The Hall–Kier alpha value is -3.67. The van der Waals surface area contributed by atoms with Crippen LogP contribution in [0.3, 0.4) is 0 Å². The summed E-state index contributed by atoms with van der Waals surface area (Å²) in [5.41, 5.74) is 3.03. The van der Waals surface area contributed by atoms with Gasteiger partial charge in [0, 0.05) is 18.7 Å². The summed E-state index contributed by atoms with van der Waals surface area (Å²) in [4.78, 5) is 19.9. The zero-order chi connectivity index (χ0) is 21.8. The van der Waals surface area contributed by atoms with Gasteiger partial charge in [-0.15, -0.1) is 0 Å². The minimum absolute atomic E-state index is 0.0791. The van der Waals surface area contributed by atoms with E-state index in [9.17, 15) is 4.79 Å². The average Bonchev–Trinajstić information content (AvgIpc) is 3.23. The number of rotatable bonds is 7. The Bertz CT molecular complexity index is 1170. The molecule has 2 aromatic carbocycles. The number of nitrogens with zero attached hydrogens (tertiary/aromatic N) is 4. The fourth-order valence-electron chi connectivity index (χ4n) is 3.45. The van der Waals surface area contributed by atoms with Crippen molar-refractivity contribution >= 4 is 16.9 Å². The van der Waals surface area contributed by atoms with Gasteiger partial charge in [0.15, 0.2) is 5.65 Å². The van der Waals surface area contributed by atoms with Gasteiger partial charge in [-0.1, -0.05) is 48.5 Å². The van der Waals surface area contributed by atoms with Crippen molar-refractivity contribution in [3.05, 3.63) is 78.5 Å². The lowest BCUT2D eigenvalue weighted by Crippen LogP contribution is -2.31. The number of carbonyl (C=O) groups excluding carboxylic acids is 1. The van der Waals surface area contributed by atoms with Crippen LogP contribution >= 0.6 is 0 Å². The van der Waals surface area contributed by atoms with E-state index in [0.717, 1.165) is 22.4 Å². The number of ether oxygens (including phenoxy) is 1. The minimum Gasteiger partial charge on any atom is -0.492 e. The molecule has 0 aliphatic carbocycles. The Labute approximate surface area is 182 Å². The van der Waals surface area contributed by atoms with E-state index < -0.39 is 0 Å². The van der Waals surface area contributed by atoms with Crippen LogP contribution < -0.4 is 4.74 Å². The first-order valence-corrected chi connectivity index (χ1v) is 10.4. The van der Waals surface area contributed by atoms with Gasteiger partial charge < -0.3 is 9.64 Å². The molecule has 4 rings (SSSR count). The first kappa shape index (κ1) is 20.6. The summed E-state index contributed by atoms with van der Waals surface area (Å²) in [5, 5.41) is 5.25. The lowest BCUT2D eigenvalue weighted by Gasteiger charge is -2.19. The Kier molecular flexibility index (Phi) is 5.98. The topological polar surface area (TPSA) is 60.2 Å². The number of pyridine rings is 1. The summed E-state index contributed by atoms with van der Waals surface area (Å²) < 4.78 is 7.61. The highest BCUT2D eigenvalue weighted by Gasteiger charge is 2.21. The molecule has 0 aliphatic heterocycles. The van der Waals surface area contributed by atoms with Crippen molar-refractivity contribution < 1.29 is 9.53 Å². The number of carbonyl (C=O) groups is 1. The fraction of sp³-hybridized carbons (Fsp3) is 0.240. The third-order valence-corrected chi connectivity index (χ3v) is 5.14. The smallest absolute Gasteiger partial charge is 0.254 e. The van der Waals surface area contributed by atoms with Gasteiger partial charge in [0.25, 0.3) is 5.91 Å². The third-order valence-electron chi connectivity index (χ3n) is 5.14. The zero-order valence-electron chi connectivity index (χ0n) is 18.0. The maximum Gasteiger partial charge on any atom is 0.254 e. The highest BCUT2D eigenvalue weighted by atomic mass is 16.5. The maximum absolute atomic E-state index is 13.4. The molecule has 0 atom stereocenters. The molecular formula is C25H26N4O2. The Morgan fingerprint density at radius 1 is 1.06 bits per heavy atom. The molecular weight excluding hydrogens is 388 g/mol. The number of amides is 1. The summed E-state index contributed by atoms with van der Waals surface area (Å²) >= 11 is 0. The Morgan fingerprint density at radius 2 is 1.74 bits per heavy atom. The van der Waals surface area contributed by atoms with Crippen LogP contribution in [0, 0.1) is 0 Å². The van der Waals surface area contributed by atoms with Crippen molar-refractivity contribution in [1.29, 1.82) is 0 Å². The van der Waals surface area contributed by atoms with Crippen LogP contribution in [-0.4, -0.2) is 45.8 Å². The van der Waals surface area contributed by atoms with E-state index >= 15 is 0 Å². The second-order valence-electron chi connectivity index (χ2n) is 7.73. The first-order valence-electron chi connectivity index (χ1n) is 10.4. The van der Waals surface area contributed by atoms with Gasteiger partial charge >= 0.3 is 0 Å². The number of fused-ring (bicyclic) bond motifs is 1. The van der Waals surface area contributed by atoms with Crippen LogP contribution in [0.5, 0.6) is 5.75 Å². The van der Waals surface area contributed by atoms with Crippen molar-refractivity contribution in [2.45, 2.75) is 19.9 Å². The molecule has 6 heteroatoms. The molecule has 0 aliphatic rings. The Morgan fingerprint density at radius 3 is 2.42 bits per heavy atom. The summed E-state index contributed by atoms with van der Waals surface area (Å²) in [6.07, 6.45) is 1.73. The van der Waals surface area contributed by atoms with Crippen LogP contribution in [0.2, 0.25) is 0 Å². The lowest BCUT2D eigenvalue weighted by atomic mass is 10.1. The number of para-hydroxylation sites is 1. The second kappa shape index (κ2) is 9.00. The molecule has 2 heterocycles. The van der Waals surface area contributed by atoms with Crippen LogP contribution in [-0.2, 0) is 0 Å². The van der Waals surface area contributed by atoms with Crippen molar-refractivity contribution in [2.24, 2.45) is 0 Å². The van der Waals surface area contributed by atoms with Crippen LogP contribution in [0.25, 0.3) is 22.3 Å². The predicted octanol–water partition coefficient (Wildman–Crippen LogP) is 4.83. The highest BCUT2D eigenvalue weighted by Crippen LogP contribution is 2.27. The van der Waals surface area contributed by atoms with E-state index in [2.05, 4.69) is 18.9 Å². The molecule has 0 bridgehead atoms. The number of benzene rings is 2. The average molecular weight is 415 g/mol. The maximum atomic E-state index is 13.4. The van der Waals surface area contributed by atoms with Crippen LogP contribution in [0.1, 0.15) is 30.2 Å². The van der Waals surface area contributed by atoms with E-state index in [0.29, 0.717) is 24.4 Å². The van der Waals surface area contributed by atoms with Crippen molar-refractivity contribution in [3.63, 3.8) is 0 Å². The van der Waals surface area contributed by atoms with Gasteiger partial charge in [-0.3, -0.25) is 4.79 Å². The van der Waals surface area contributed by atoms with Gasteiger partial charge in [0.05, 0.1) is 29.4 Å². The molecule has 1 amide bonds. The van der Waals surface area contributed by atoms with Gasteiger partial charge in [0.1, 0.15) is 12.4 Å². The number of hydrogen-bond donors (Lipinski definition) is 0. The molecule has 31 heavy (non-hydrogen) atoms. The number of aromatic nitrogens is 3. The molecule has 0 saturated heterocycles. The van der Waals surface area contributed by atoms with E-state index in [1.165, 1.54) is 0 Å². The molecule has 0 fully saturated rings. The van der Waals surface area contributed by atoms with Crippen molar-refractivity contribution in [1.82, 2.24) is 19.7 Å². The summed E-state index contributed by atoms with van der Waals surface area (Å²) in [5.74, 6) is 0.712. The molecule has 2 aromatic heterocycles. The molecule has 0 radical (unpaired) electrons. The molecule has 6 nitrogen and oxygen atoms in total. The molecule has 0 unspecified atom stereocenters.